The topological polar surface area (TPSA) is 54.4 Å². The van der Waals surface area contributed by atoms with Crippen LogP contribution >= 0.6 is 0 Å². The van der Waals surface area contributed by atoms with Crippen LogP contribution < -0.4 is 0 Å². The molecule has 0 heterocycles. The van der Waals surface area contributed by atoms with E-state index in [9.17, 15) is 35.9 Å². The van der Waals surface area contributed by atoms with Gasteiger partial charge in [0.25, 0.3) is 0 Å². The molecule has 0 atom stereocenters. The number of carbonyl (C=O) groups is 2. The summed E-state index contributed by atoms with van der Waals surface area (Å²) in [6, 6.07) is 0.407. The Kier molecular flexibility index (Phi) is 6.61. The second-order valence-electron chi connectivity index (χ2n) is 5.70. The van der Waals surface area contributed by atoms with Gasteiger partial charge in [-0.25, -0.2) is 0 Å². The molecular weight excluding hydrogens is 354 g/mol. The minimum absolute atomic E-state index is 0.0558. The number of alkyl halides is 6. The van der Waals surface area contributed by atoms with E-state index >= 15 is 0 Å². The van der Waals surface area contributed by atoms with Crippen LogP contribution in [0.15, 0.2) is 18.2 Å². The zero-order chi connectivity index (χ0) is 19.4. The van der Waals surface area contributed by atoms with Crippen LogP contribution in [0.5, 0.6) is 5.75 Å². The Labute approximate surface area is 139 Å². The van der Waals surface area contributed by atoms with Crippen molar-refractivity contribution in [1.82, 2.24) is 0 Å². The Morgan fingerprint density at radius 3 is 1.64 bits per heavy atom. The van der Waals surface area contributed by atoms with Crippen LogP contribution in [0.3, 0.4) is 0 Å². The third-order valence-corrected chi connectivity index (χ3v) is 3.58. The predicted octanol–water partition coefficient (Wildman–Crippen LogP) is 4.76. The molecule has 9 heteroatoms. The molecule has 1 fully saturated rings. The quantitative estimate of drug-likeness (QED) is 0.573. The summed E-state index contributed by atoms with van der Waals surface area (Å²) in [5, 5.41) is 8.72. The highest BCUT2D eigenvalue weighted by molar-refractivity contribution is 6.01. The SMILES string of the molecule is CCC1CC(=O)CC(=O)C1.Oc1cc(C(F)(F)F)cc(C(F)(F)F)c1. The molecule has 0 spiro atoms. The molecule has 0 unspecified atom stereocenters. The maximum atomic E-state index is 12.1. The number of phenols is 1. The van der Waals surface area contributed by atoms with Crippen molar-refractivity contribution in [3.8, 4) is 5.75 Å². The third kappa shape index (κ3) is 6.75. The number of phenolic OH excluding ortho intramolecular Hbond substituents is 1. The lowest BCUT2D eigenvalue weighted by molar-refractivity contribution is -0.143. The van der Waals surface area contributed by atoms with Crippen molar-refractivity contribution in [2.24, 2.45) is 5.92 Å². The van der Waals surface area contributed by atoms with Gasteiger partial charge in [0.2, 0.25) is 0 Å². The molecule has 0 bridgehead atoms. The van der Waals surface area contributed by atoms with Crippen molar-refractivity contribution in [3.05, 3.63) is 29.3 Å². The fraction of sp³-hybridized carbons (Fsp3) is 0.500. The number of ketones is 2. The van der Waals surface area contributed by atoms with Crippen molar-refractivity contribution in [3.63, 3.8) is 0 Å². The van der Waals surface area contributed by atoms with E-state index in [1.807, 2.05) is 6.92 Å². The van der Waals surface area contributed by atoms with Gasteiger partial charge in [-0.1, -0.05) is 13.3 Å². The Hall–Kier alpha value is -2.06. The van der Waals surface area contributed by atoms with Crippen molar-refractivity contribution in [1.29, 1.82) is 0 Å². The van der Waals surface area contributed by atoms with E-state index in [4.69, 9.17) is 5.11 Å². The molecule has 0 aromatic heterocycles. The molecule has 0 amide bonds. The van der Waals surface area contributed by atoms with E-state index in [1.54, 1.807) is 0 Å². The van der Waals surface area contributed by atoms with Gasteiger partial charge in [0.15, 0.2) is 0 Å². The van der Waals surface area contributed by atoms with Crippen LogP contribution in [0.25, 0.3) is 0 Å². The van der Waals surface area contributed by atoms with Crippen molar-refractivity contribution < 1.29 is 41.0 Å². The van der Waals surface area contributed by atoms with Gasteiger partial charge in [0.05, 0.1) is 17.5 Å². The number of benzene rings is 1. The van der Waals surface area contributed by atoms with E-state index < -0.39 is 29.2 Å². The summed E-state index contributed by atoms with van der Waals surface area (Å²) < 4.78 is 72.3. The Bertz CT molecular complexity index is 585. The second-order valence-corrected chi connectivity index (χ2v) is 5.70. The van der Waals surface area contributed by atoms with Crippen LogP contribution in [-0.2, 0) is 21.9 Å². The predicted molar refractivity (Wildman–Crippen MR) is 75.8 cm³/mol. The number of rotatable bonds is 1. The van der Waals surface area contributed by atoms with Crippen LogP contribution in [0.1, 0.15) is 43.7 Å². The number of hydrogen-bond acceptors (Lipinski definition) is 3. The van der Waals surface area contributed by atoms with Crippen LogP contribution in [0.4, 0.5) is 26.3 Å². The molecular formula is C16H16F6O3. The Morgan fingerprint density at radius 1 is 0.920 bits per heavy atom. The van der Waals surface area contributed by atoms with Gasteiger partial charge in [-0.3, -0.25) is 9.59 Å². The largest absolute Gasteiger partial charge is 0.508 e. The minimum Gasteiger partial charge on any atom is -0.508 e. The lowest BCUT2D eigenvalue weighted by Gasteiger charge is -2.17. The van der Waals surface area contributed by atoms with Gasteiger partial charge in [-0.05, 0) is 24.1 Å². The summed E-state index contributed by atoms with van der Waals surface area (Å²) >= 11 is 0. The summed E-state index contributed by atoms with van der Waals surface area (Å²) in [6.45, 7) is 2.02. The first-order chi connectivity index (χ1) is 11.3. The van der Waals surface area contributed by atoms with Crippen LogP contribution in [-0.4, -0.2) is 16.7 Å². The minimum atomic E-state index is -4.92. The molecule has 1 aliphatic carbocycles. The number of carbonyl (C=O) groups excluding carboxylic acids is 2. The highest BCUT2D eigenvalue weighted by Crippen LogP contribution is 2.37. The molecule has 2 rings (SSSR count). The van der Waals surface area contributed by atoms with E-state index in [2.05, 4.69) is 0 Å². The lowest BCUT2D eigenvalue weighted by Crippen LogP contribution is -2.21. The van der Waals surface area contributed by atoms with Gasteiger partial charge in [-0.2, -0.15) is 26.3 Å². The number of halogens is 6. The number of hydrogen-bond donors (Lipinski definition) is 1. The van der Waals surface area contributed by atoms with Gasteiger partial charge in [0, 0.05) is 12.8 Å². The highest BCUT2D eigenvalue weighted by atomic mass is 19.4. The van der Waals surface area contributed by atoms with Crippen molar-refractivity contribution in [2.75, 3.05) is 0 Å². The first-order valence-electron chi connectivity index (χ1n) is 7.34. The van der Waals surface area contributed by atoms with E-state index in [0.29, 0.717) is 18.8 Å². The molecule has 0 radical (unpaired) electrons. The molecule has 1 aliphatic rings. The summed E-state index contributed by atoms with van der Waals surface area (Å²) in [5.41, 5.74) is -3.07. The average Bonchev–Trinajstić information content (AvgIpc) is 2.44. The fourth-order valence-electron chi connectivity index (χ4n) is 2.31. The summed E-state index contributed by atoms with van der Waals surface area (Å²) in [5.74, 6) is -0.475. The molecule has 0 aliphatic heterocycles. The maximum Gasteiger partial charge on any atom is 0.416 e. The highest BCUT2D eigenvalue weighted by Gasteiger charge is 2.36. The number of aromatic hydroxyl groups is 1. The molecule has 0 saturated heterocycles. The number of Topliss-reactive ketones (excluding diaryl/α,β-unsaturated/α-hetero) is 2. The lowest BCUT2D eigenvalue weighted by atomic mass is 9.86. The summed E-state index contributed by atoms with van der Waals surface area (Å²) in [4.78, 5) is 21.6. The monoisotopic (exact) mass is 370 g/mol. The fourth-order valence-corrected chi connectivity index (χ4v) is 2.31. The van der Waals surface area contributed by atoms with Crippen LogP contribution in [0.2, 0.25) is 0 Å². The molecule has 1 aromatic carbocycles. The van der Waals surface area contributed by atoms with Gasteiger partial charge >= 0.3 is 12.4 Å². The molecule has 1 N–H and O–H groups in total. The normalized spacial score (nSPS) is 16.4. The summed E-state index contributed by atoms with van der Waals surface area (Å²) in [6.07, 6.45) is -7.43. The second kappa shape index (κ2) is 7.88. The first kappa shape index (κ1) is 21.0. The van der Waals surface area contributed by atoms with E-state index in [1.165, 1.54) is 0 Å². The van der Waals surface area contributed by atoms with E-state index in [-0.39, 0.29) is 36.2 Å². The van der Waals surface area contributed by atoms with E-state index in [0.717, 1.165) is 6.42 Å². The molecule has 1 saturated carbocycles. The standard InChI is InChI=1S/C8H4F6O.C8H12O2/c9-7(10,11)4-1-5(8(12,13)14)3-6(15)2-4;1-2-6-3-7(9)5-8(10)4-6/h1-3,15H;6H,2-5H2,1H3. The average molecular weight is 370 g/mol. The zero-order valence-electron chi connectivity index (χ0n) is 13.2. The van der Waals surface area contributed by atoms with Crippen LogP contribution in [0, 0.1) is 5.92 Å². The Balaban J connectivity index is 0.000000271. The smallest absolute Gasteiger partial charge is 0.416 e. The molecule has 1 aromatic rings. The maximum absolute atomic E-state index is 12.1. The van der Waals surface area contributed by atoms with Gasteiger partial charge in [-0.15, -0.1) is 0 Å². The molecule has 25 heavy (non-hydrogen) atoms. The van der Waals surface area contributed by atoms with Gasteiger partial charge in [0.1, 0.15) is 17.3 Å². The Morgan fingerprint density at radius 2 is 1.32 bits per heavy atom. The third-order valence-electron chi connectivity index (χ3n) is 3.58. The van der Waals surface area contributed by atoms with Crippen molar-refractivity contribution in [2.45, 2.75) is 45.0 Å². The van der Waals surface area contributed by atoms with Gasteiger partial charge < -0.3 is 5.11 Å². The first-order valence-corrected chi connectivity index (χ1v) is 7.34. The molecule has 140 valence electrons. The molecule has 3 nitrogen and oxygen atoms in total. The zero-order valence-corrected chi connectivity index (χ0v) is 13.2. The van der Waals surface area contributed by atoms with Crippen molar-refractivity contribution >= 4 is 11.6 Å². The summed E-state index contributed by atoms with van der Waals surface area (Å²) in [7, 11) is 0.